The first kappa shape index (κ1) is 13.0. The lowest BCUT2D eigenvalue weighted by molar-refractivity contribution is -0.174. The van der Waals surface area contributed by atoms with Gasteiger partial charge in [0.1, 0.15) is 11.8 Å². The maximum absolute atomic E-state index is 11.6. The molecule has 0 aliphatic carbocycles. The van der Waals surface area contributed by atoms with Gasteiger partial charge in [-0.2, -0.15) is 5.26 Å². The molecule has 0 fully saturated rings. The fourth-order valence-corrected chi connectivity index (χ4v) is 1.36. The maximum atomic E-state index is 11.6. The van der Waals surface area contributed by atoms with E-state index in [1.165, 1.54) is 20.9 Å². The van der Waals surface area contributed by atoms with Gasteiger partial charge in [0.25, 0.3) is 5.91 Å². The summed E-state index contributed by atoms with van der Waals surface area (Å²) in [4.78, 5) is 11.6. The number of likely N-dealkylation sites (N-methyl/N-ethyl adjacent to an activating group) is 1. The summed E-state index contributed by atoms with van der Waals surface area (Å²) in [5, 5.41) is 18.5. The number of nitrogens with zero attached hydrogens (tertiary/aromatic N) is 2. The minimum absolute atomic E-state index is 0.315. The number of rotatable bonds is 3. The number of carbonyl (C=O) groups excluding carboxylic acids is 1. The molecule has 0 aliphatic heterocycles. The van der Waals surface area contributed by atoms with E-state index in [-0.39, 0.29) is 0 Å². The first-order chi connectivity index (χ1) is 7.88. The second-order valence-corrected chi connectivity index (χ2v) is 4.05. The van der Waals surface area contributed by atoms with Crippen molar-refractivity contribution in [2.75, 3.05) is 7.05 Å². The highest BCUT2D eigenvalue weighted by Crippen LogP contribution is 2.23. The molecule has 1 N–H and O–H groups in total. The SMILES string of the molecule is CN(O)C(=O)C(C)(C)Oc1ccccc1C#N. The predicted molar refractivity (Wildman–Crippen MR) is 60.4 cm³/mol. The molecule has 1 rings (SSSR count). The summed E-state index contributed by atoms with van der Waals surface area (Å²) in [6, 6.07) is 8.59. The van der Waals surface area contributed by atoms with Crippen LogP contribution in [-0.4, -0.2) is 28.8 Å². The fourth-order valence-electron chi connectivity index (χ4n) is 1.36. The molecule has 0 saturated heterocycles. The molecule has 5 nitrogen and oxygen atoms in total. The van der Waals surface area contributed by atoms with E-state index in [2.05, 4.69) is 0 Å². The number of nitriles is 1. The zero-order valence-corrected chi connectivity index (χ0v) is 9.97. The van der Waals surface area contributed by atoms with E-state index in [0.717, 1.165) is 0 Å². The summed E-state index contributed by atoms with van der Waals surface area (Å²) < 4.78 is 5.47. The van der Waals surface area contributed by atoms with Crippen molar-refractivity contribution in [2.24, 2.45) is 0 Å². The molecule has 5 heteroatoms. The number of amides is 1. The molecule has 1 aromatic rings. The number of benzene rings is 1. The van der Waals surface area contributed by atoms with E-state index >= 15 is 0 Å². The number of hydrogen-bond acceptors (Lipinski definition) is 4. The van der Waals surface area contributed by atoms with Gasteiger partial charge in [-0.1, -0.05) is 12.1 Å². The maximum Gasteiger partial charge on any atom is 0.289 e. The molecule has 0 unspecified atom stereocenters. The Hall–Kier alpha value is -2.06. The molecule has 0 bridgehead atoms. The summed E-state index contributed by atoms with van der Waals surface area (Å²) in [5.41, 5.74) is -0.898. The van der Waals surface area contributed by atoms with Crippen LogP contribution in [-0.2, 0) is 4.79 Å². The molecular formula is C12H14N2O3. The highest BCUT2D eigenvalue weighted by Gasteiger charge is 2.33. The topological polar surface area (TPSA) is 73.6 Å². The number of hydroxylamine groups is 2. The minimum atomic E-state index is -1.24. The van der Waals surface area contributed by atoms with Gasteiger partial charge in [0, 0.05) is 7.05 Å². The lowest BCUT2D eigenvalue weighted by Gasteiger charge is -2.27. The Morgan fingerprint density at radius 1 is 1.47 bits per heavy atom. The van der Waals surface area contributed by atoms with Gasteiger partial charge in [0.2, 0.25) is 0 Å². The molecule has 1 amide bonds. The average molecular weight is 234 g/mol. The summed E-state index contributed by atoms with van der Waals surface area (Å²) in [7, 11) is 1.23. The van der Waals surface area contributed by atoms with Crippen LogP contribution in [0.2, 0.25) is 0 Å². The van der Waals surface area contributed by atoms with Gasteiger partial charge in [-0.25, -0.2) is 5.06 Å². The van der Waals surface area contributed by atoms with Crippen molar-refractivity contribution in [1.82, 2.24) is 5.06 Å². The molecule has 90 valence electrons. The van der Waals surface area contributed by atoms with E-state index in [1.807, 2.05) is 6.07 Å². The fraction of sp³-hybridized carbons (Fsp3) is 0.333. The van der Waals surface area contributed by atoms with Crippen molar-refractivity contribution in [1.29, 1.82) is 5.26 Å². The zero-order valence-electron chi connectivity index (χ0n) is 9.97. The van der Waals surface area contributed by atoms with Crippen molar-refractivity contribution in [3.8, 4) is 11.8 Å². The van der Waals surface area contributed by atoms with Crippen LogP contribution in [0.3, 0.4) is 0 Å². The normalized spacial score (nSPS) is 10.5. The van der Waals surface area contributed by atoms with Crippen LogP contribution in [0.1, 0.15) is 19.4 Å². The third kappa shape index (κ3) is 2.95. The Morgan fingerprint density at radius 3 is 2.59 bits per heavy atom. The van der Waals surface area contributed by atoms with Crippen molar-refractivity contribution in [3.05, 3.63) is 29.8 Å². The second-order valence-electron chi connectivity index (χ2n) is 4.05. The number of para-hydroxylation sites is 1. The molecule has 0 atom stereocenters. The van der Waals surface area contributed by atoms with Gasteiger partial charge in [-0.15, -0.1) is 0 Å². The van der Waals surface area contributed by atoms with Gasteiger partial charge in [0.15, 0.2) is 5.60 Å². The highest BCUT2D eigenvalue weighted by molar-refractivity contribution is 5.83. The van der Waals surface area contributed by atoms with E-state index in [4.69, 9.17) is 15.2 Å². The molecule has 0 aliphatic rings. The summed E-state index contributed by atoms with van der Waals surface area (Å²) >= 11 is 0. The monoisotopic (exact) mass is 234 g/mol. The minimum Gasteiger partial charge on any atom is -0.477 e. The molecule has 17 heavy (non-hydrogen) atoms. The number of hydrogen-bond donors (Lipinski definition) is 1. The van der Waals surface area contributed by atoms with E-state index in [9.17, 15) is 4.79 Å². The van der Waals surface area contributed by atoms with E-state index in [0.29, 0.717) is 16.4 Å². The Bertz CT molecular complexity index is 461. The highest BCUT2D eigenvalue weighted by atomic mass is 16.5. The largest absolute Gasteiger partial charge is 0.477 e. The van der Waals surface area contributed by atoms with Crippen LogP contribution in [0.5, 0.6) is 5.75 Å². The predicted octanol–water partition coefficient (Wildman–Crippen LogP) is 1.56. The molecule has 0 spiro atoms. The molecule has 0 saturated carbocycles. The molecular weight excluding hydrogens is 220 g/mol. The molecule has 1 aromatic carbocycles. The Balaban J connectivity index is 2.98. The van der Waals surface area contributed by atoms with Gasteiger partial charge in [-0.3, -0.25) is 10.0 Å². The van der Waals surface area contributed by atoms with Crippen LogP contribution in [0.4, 0.5) is 0 Å². The van der Waals surface area contributed by atoms with Gasteiger partial charge in [-0.05, 0) is 26.0 Å². The quantitative estimate of drug-likeness (QED) is 0.636. The number of carbonyl (C=O) groups is 1. The lowest BCUT2D eigenvalue weighted by Crippen LogP contribution is -2.46. The molecule has 0 aromatic heterocycles. The Kier molecular flexibility index (Phi) is 3.71. The van der Waals surface area contributed by atoms with Crippen molar-refractivity contribution in [3.63, 3.8) is 0 Å². The van der Waals surface area contributed by atoms with Crippen molar-refractivity contribution < 1.29 is 14.7 Å². The van der Waals surface area contributed by atoms with Crippen LogP contribution in [0, 0.1) is 11.3 Å². The van der Waals surface area contributed by atoms with E-state index in [1.54, 1.807) is 24.3 Å². The van der Waals surface area contributed by atoms with Gasteiger partial charge in [0.05, 0.1) is 5.56 Å². The Labute approximate surface area is 99.8 Å². The van der Waals surface area contributed by atoms with Gasteiger partial charge < -0.3 is 4.74 Å². The first-order valence-electron chi connectivity index (χ1n) is 5.03. The average Bonchev–Trinajstić information content (AvgIpc) is 2.28. The van der Waals surface area contributed by atoms with Crippen molar-refractivity contribution >= 4 is 5.91 Å². The van der Waals surface area contributed by atoms with Crippen LogP contribution in [0.25, 0.3) is 0 Å². The van der Waals surface area contributed by atoms with Gasteiger partial charge >= 0.3 is 0 Å². The third-order valence-corrected chi connectivity index (χ3v) is 2.18. The van der Waals surface area contributed by atoms with Crippen LogP contribution >= 0.6 is 0 Å². The third-order valence-electron chi connectivity index (χ3n) is 2.18. The first-order valence-corrected chi connectivity index (χ1v) is 5.03. The zero-order chi connectivity index (χ0) is 13.1. The van der Waals surface area contributed by atoms with E-state index < -0.39 is 11.5 Å². The smallest absolute Gasteiger partial charge is 0.289 e. The Morgan fingerprint density at radius 2 is 2.06 bits per heavy atom. The lowest BCUT2D eigenvalue weighted by atomic mass is 10.1. The van der Waals surface area contributed by atoms with Crippen LogP contribution in [0.15, 0.2) is 24.3 Å². The molecule has 0 heterocycles. The second kappa shape index (κ2) is 4.85. The van der Waals surface area contributed by atoms with Crippen molar-refractivity contribution in [2.45, 2.75) is 19.4 Å². The van der Waals surface area contributed by atoms with Crippen LogP contribution < -0.4 is 4.74 Å². The summed E-state index contributed by atoms with van der Waals surface area (Å²) in [6.07, 6.45) is 0. The summed E-state index contributed by atoms with van der Waals surface area (Å²) in [5.74, 6) is -0.277. The molecule has 0 radical (unpaired) electrons. The summed E-state index contributed by atoms with van der Waals surface area (Å²) in [6.45, 7) is 3.05. The standard InChI is InChI=1S/C12H14N2O3/c1-12(2,11(15)14(3)16)17-10-7-5-4-6-9(10)8-13/h4-7,16H,1-3H3. The number of ether oxygens (including phenoxy) is 1.